The maximum Gasteiger partial charge on any atom is 0.0652 e. The van der Waals surface area contributed by atoms with Gasteiger partial charge in [-0.1, -0.05) is 23.3 Å². The molecule has 0 fully saturated rings. The van der Waals surface area contributed by atoms with Gasteiger partial charge < -0.3 is 0 Å². The zero-order valence-corrected chi connectivity index (χ0v) is 9.47. The third kappa shape index (κ3) is 16.7. The summed E-state index contributed by atoms with van der Waals surface area (Å²) in [4.78, 5) is 0. The molecule has 0 aliphatic carbocycles. The Morgan fingerprint density at radius 3 is 1.17 bits per heavy atom. The molecule has 0 bridgehead atoms. The van der Waals surface area contributed by atoms with Gasteiger partial charge in [-0.25, -0.2) is 12.1 Å². The fourth-order valence-corrected chi connectivity index (χ4v) is 0. The third-order valence-corrected chi connectivity index (χ3v) is 2.70. The van der Waals surface area contributed by atoms with Crippen LogP contribution in [0.5, 0.6) is 0 Å². The molecule has 0 aliphatic rings. The van der Waals surface area contributed by atoms with Crippen LogP contribution in [0.3, 0.4) is 0 Å². The molecule has 0 radical (unpaired) electrons. The molecular weight excluding hydrogens is 188 g/mol. The molecule has 40 valence electrons. The summed E-state index contributed by atoms with van der Waals surface area (Å²) in [5.41, 5.74) is 0. The van der Waals surface area contributed by atoms with Gasteiger partial charge in [0.15, 0.2) is 0 Å². The first-order chi connectivity index (χ1) is 2.91. The minimum atomic E-state index is 1.00. The minimum absolute atomic E-state index is 1.00. The van der Waals surface area contributed by atoms with Crippen LogP contribution in [0.4, 0.5) is 0 Å². The summed E-state index contributed by atoms with van der Waals surface area (Å²) < 4.78 is 0. The van der Waals surface area contributed by atoms with Crippen molar-refractivity contribution >= 4 is 64.4 Å². The van der Waals surface area contributed by atoms with E-state index >= 15 is 0 Å². The number of hydrogen-bond acceptors (Lipinski definition) is 5. The highest BCUT2D eigenvalue weighted by molar-refractivity contribution is 9.21. The molecule has 0 rings (SSSR count). The average molecular weight is 194 g/mol. The van der Waals surface area contributed by atoms with Crippen molar-refractivity contribution in [3.05, 3.63) is 0 Å². The Hall–Kier alpha value is 1.97. The van der Waals surface area contributed by atoms with Gasteiger partial charge in [0.2, 0.25) is 0 Å². The molecule has 0 aromatic rings. The van der Waals surface area contributed by atoms with Crippen molar-refractivity contribution in [1.82, 2.24) is 0 Å². The lowest BCUT2D eigenvalue weighted by atomic mass is 27.8. The lowest BCUT2D eigenvalue weighted by Gasteiger charge is -1.66. The lowest BCUT2D eigenvalue weighted by Crippen LogP contribution is -0.991. The van der Waals surface area contributed by atoms with Crippen LogP contribution in [0.2, 0.25) is 0 Å². The van der Waals surface area contributed by atoms with Crippen LogP contribution in [0.15, 0.2) is 0 Å². The molecule has 6 heavy (non-hydrogen) atoms. The maximum atomic E-state index is 3.72. The summed E-state index contributed by atoms with van der Waals surface area (Å²) in [5.74, 6) is 0. The van der Waals surface area contributed by atoms with Gasteiger partial charge in [0.1, 0.15) is 0 Å². The monoisotopic (exact) mass is 194 g/mol. The zero-order valence-electron chi connectivity index (χ0n) is 3.16. The lowest BCUT2D eigenvalue weighted by molar-refractivity contribution is 5.31. The number of rotatable bonds is 1. The van der Waals surface area contributed by atoms with Gasteiger partial charge in [0.25, 0.3) is 0 Å². The molecule has 0 N–H and O–H groups in total. The molecular formula is H6S5Si. The van der Waals surface area contributed by atoms with Crippen LogP contribution < -0.4 is 0 Å². The number of hydrogen-bond donors (Lipinski definition) is 3. The smallest absolute Gasteiger partial charge is 0.0652 e. The molecule has 0 atom stereocenters. The van der Waals surface area contributed by atoms with Gasteiger partial charge in [-0.3, -0.25) is 0 Å². The van der Waals surface area contributed by atoms with Crippen molar-refractivity contribution in [3.8, 4) is 0 Å². The van der Waals surface area contributed by atoms with Crippen LogP contribution in [0.25, 0.3) is 0 Å². The van der Waals surface area contributed by atoms with E-state index < -0.39 is 0 Å². The Morgan fingerprint density at radius 1 is 1.00 bits per heavy atom. The second kappa shape index (κ2) is 15.8. The molecule has 0 amide bonds. The van der Waals surface area contributed by atoms with Crippen molar-refractivity contribution in [2.24, 2.45) is 0 Å². The highest BCUT2D eigenvalue weighted by atomic mass is 33.7. The summed E-state index contributed by atoms with van der Waals surface area (Å²) in [6.07, 6.45) is 0. The van der Waals surface area contributed by atoms with E-state index in [0.717, 1.165) is 9.39 Å². The predicted octanol–water partition coefficient (Wildman–Crippen LogP) is 1.25. The zero-order chi connectivity index (χ0) is 5.41. The molecule has 6 heteroatoms. The van der Waals surface area contributed by atoms with Crippen LogP contribution in [0.1, 0.15) is 0 Å². The summed E-state index contributed by atoms with van der Waals surface area (Å²) >= 11 is 11.1. The van der Waals surface area contributed by atoms with Crippen molar-refractivity contribution < 1.29 is 0 Å². The SMILES string of the molecule is SSSS.[SiH3]S. The Kier molecular flexibility index (Phi) is 28.5. The van der Waals surface area contributed by atoms with E-state index in [1.165, 1.54) is 19.7 Å². The van der Waals surface area contributed by atoms with E-state index in [-0.39, 0.29) is 0 Å². The fourth-order valence-electron chi connectivity index (χ4n) is 0. The Bertz CT molecular complexity index is 5.90. The normalized spacial score (nSPS) is 6.50. The van der Waals surface area contributed by atoms with Gasteiger partial charge in [-0.2, -0.15) is 0 Å². The summed E-state index contributed by atoms with van der Waals surface area (Å²) in [5, 5.41) is 0. The van der Waals surface area contributed by atoms with E-state index in [1.54, 1.807) is 0 Å². The van der Waals surface area contributed by atoms with Gasteiger partial charge in [0, 0.05) is 0 Å². The molecule has 0 saturated carbocycles. The molecule has 0 heterocycles. The van der Waals surface area contributed by atoms with Crippen molar-refractivity contribution in [2.45, 2.75) is 0 Å². The van der Waals surface area contributed by atoms with E-state index in [0.29, 0.717) is 0 Å². The minimum Gasteiger partial charge on any atom is -0.214 e. The molecule has 0 aliphatic heterocycles. The van der Waals surface area contributed by atoms with Crippen LogP contribution in [-0.2, 0) is 0 Å². The highest BCUT2D eigenvalue weighted by Crippen LogP contribution is 2.27. The van der Waals surface area contributed by atoms with Crippen LogP contribution >= 0.6 is 55.1 Å². The van der Waals surface area contributed by atoms with Crippen LogP contribution in [0, 0.1) is 0 Å². The standard InChI is InChI=1S/H2S4.H4SSi/c1-3-4-2;1-2/h1-2H;1H,2H3. The molecule has 0 aromatic carbocycles. The molecule has 0 aromatic heterocycles. The van der Waals surface area contributed by atoms with E-state index in [1.807, 2.05) is 0 Å². The van der Waals surface area contributed by atoms with Crippen molar-refractivity contribution in [2.75, 3.05) is 0 Å². The second-order valence-corrected chi connectivity index (χ2v) is 4.02. The van der Waals surface area contributed by atoms with Gasteiger partial charge in [-0.15, -0.1) is 0 Å². The van der Waals surface area contributed by atoms with E-state index in [4.69, 9.17) is 0 Å². The second-order valence-electron chi connectivity index (χ2n) is 0.149. The predicted molar refractivity (Wildman–Crippen MR) is 52.1 cm³/mol. The summed E-state index contributed by atoms with van der Waals surface area (Å²) in [6, 6.07) is 0. The largest absolute Gasteiger partial charge is 0.214 e. The van der Waals surface area contributed by atoms with Crippen LogP contribution in [-0.4, -0.2) is 9.39 Å². The quantitative estimate of drug-likeness (QED) is 0.327. The Labute approximate surface area is 64.1 Å². The van der Waals surface area contributed by atoms with Crippen molar-refractivity contribution in [1.29, 1.82) is 0 Å². The summed E-state index contributed by atoms with van der Waals surface area (Å²) in [7, 11) is 3.66. The van der Waals surface area contributed by atoms with Crippen molar-refractivity contribution in [3.63, 3.8) is 0 Å². The van der Waals surface area contributed by atoms with E-state index in [2.05, 4.69) is 35.4 Å². The average Bonchev–Trinajstić information content (AvgIpc) is 1.72. The first-order valence-electron chi connectivity index (χ1n) is 0.979. The number of thiol groups is 3. The third-order valence-electron chi connectivity index (χ3n) is 0.0333. The van der Waals surface area contributed by atoms with Gasteiger partial charge in [0.05, 0.1) is 9.39 Å². The maximum absolute atomic E-state index is 3.72. The summed E-state index contributed by atoms with van der Waals surface area (Å²) in [6.45, 7) is 0. The topological polar surface area (TPSA) is 0 Å². The van der Waals surface area contributed by atoms with Gasteiger partial charge >= 0.3 is 0 Å². The highest BCUT2D eigenvalue weighted by Gasteiger charge is 1.58. The van der Waals surface area contributed by atoms with Gasteiger partial charge in [-0.05, 0) is 19.7 Å². The molecule has 0 unspecified atom stereocenters. The first-order valence-corrected chi connectivity index (χ1v) is 8.81. The van der Waals surface area contributed by atoms with E-state index in [9.17, 15) is 0 Å². The Balaban J connectivity index is 0. The fraction of sp³-hybridized carbons (Fsp3) is 0. The Morgan fingerprint density at radius 2 is 1.17 bits per heavy atom. The molecule has 0 spiro atoms. The molecule has 0 nitrogen and oxygen atoms in total. The first kappa shape index (κ1) is 10.9. The molecule has 0 saturated heterocycles.